The van der Waals surface area contributed by atoms with Crippen LogP contribution in [0.15, 0.2) is 66.7 Å². The number of rotatable bonds is 1. The Morgan fingerprint density at radius 2 is 1.40 bits per heavy atom. The summed E-state index contributed by atoms with van der Waals surface area (Å²) in [6.07, 6.45) is 2.41. The Kier molecular flexibility index (Phi) is 3.56. The van der Waals surface area contributed by atoms with Gasteiger partial charge in [0.15, 0.2) is 6.71 Å². The Morgan fingerprint density at radius 1 is 0.733 bits per heavy atom. The number of para-hydroxylation sites is 1. The zero-order chi connectivity index (χ0) is 20.7. The van der Waals surface area contributed by atoms with Gasteiger partial charge in [-0.15, -0.1) is 0 Å². The van der Waals surface area contributed by atoms with E-state index in [4.69, 9.17) is 4.74 Å². The van der Waals surface area contributed by atoms with Gasteiger partial charge < -0.3 is 4.74 Å². The highest BCUT2D eigenvalue weighted by molar-refractivity contribution is 6.75. The predicted octanol–water partition coefficient (Wildman–Crippen LogP) is 7.53. The smallest absolute Gasteiger partial charge is 0.181 e. The summed E-state index contributed by atoms with van der Waals surface area (Å²) in [5.41, 5.74) is 4.56. The van der Waals surface area contributed by atoms with Crippen molar-refractivity contribution in [2.24, 2.45) is 10.8 Å². The lowest BCUT2D eigenvalue weighted by Crippen LogP contribution is -2.30. The van der Waals surface area contributed by atoms with E-state index in [9.17, 15) is 0 Å². The maximum absolute atomic E-state index is 6.74. The fourth-order valence-electron chi connectivity index (χ4n) is 5.82. The van der Waals surface area contributed by atoms with Crippen LogP contribution in [0, 0.1) is 10.8 Å². The van der Waals surface area contributed by atoms with Gasteiger partial charge in [0.25, 0.3) is 0 Å². The number of hydrogen-bond acceptors (Lipinski definition) is 1. The zero-order valence-electron chi connectivity index (χ0n) is 18.3. The minimum absolute atomic E-state index is 0.323. The van der Waals surface area contributed by atoms with E-state index in [0.717, 1.165) is 11.5 Å². The van der Waals surface area contributed by atoms with Crippen molar-refractivity contribution in [2.45, 2.75) is 40.3 Å². The third kappa shape index (κ3) is 2.37. The molecule has 30 heavy (non-hydrogen) atoms. The first kappa shape index (κ1) is 18.1. The van der Waals surface area contributed by atoms with Crippen molar-refractivity contribution in [1.29, 1.82) is 0 Å². The second-order valence-electron chi connectivity index (χ2n) is 10.5. The highest BCUT2D eigenvalue weighted by Gasteiger charge is 2.49. The molecule has 4 aromatic rings. The van der Waals surface area contributed by atoms with E-state index in [-0.39, 0.29) is 0 Å². The standard InChI is InChI=1S/C28H27BO/c1-27(2)16-29(17-28(27,3)4)23-14-8-13-22-21-12-7-11-20-19-10-6-5-9-18(19)15-24(25(20)21)30-26(22)23/h5-15H,16-17H2,1-4H3. The van der Waals surface area contributed by atoms with Crippen molar-refractivity contribution in [3.05, 3.63) is 66.7 Å². The summed E-state index contributed by atoms with van der Waals surface area (Å²) < 4.78 is 6.74. The molecule has 0 aliphatic carbocycles. The lowest BCUT2D eigenvalue weighted by molar-refractivity contribution is 0.177. The Bertz CT molecular complexity index is 1320. The van der Waals surface area contributed by atoms with Crippen LogP contribution in [0.25, 0.3) is 32.7 Å². The van der Waals surface area contributed by atoms with Gasteiger partial charge in [0.05, 0.1) is 0 Å². The third-order valence-electron chi connectivity index (χ3n) is 8.18. The third-order valence-corrected chi connectivity index (χ3v) is 8.18. The molecule has 2 aliphatic rings. The molecular weight excluding hydrogens is 363 g/mol. The molecule has 0 saturated carbocycles. The average molecular weight is 390 g/mol. The van der Waals surface area contributed by atoms with Gasteiger partial charge in [-0.3, -0.25) is 0 Å². The van der Waals surface area contributed by atoms with E-state index in [1.165, 1.54) is 50.8 Å². The van der Waals surface area contributed by atoms with Crippen LogP contribution in [0.4, 0.5) is 0 Å². The number of ether oxygens (including phenoxy) is 1. The molecule has 0 N–H and O–H groups in total. The molecule has 0 atom stereocenters. The van der Waals surface area contributed by atoms with Crippen molar-refractivity contribution >= 4 is 33.7 Å². The topological polar surface area (TPSA) is 9.23 Å². The lowest BCUT2D eigenvalue weighted by atomic mass is 9.41. The van der Waals surface area contributed by atoms with Crippen molar-refractivity contribution in [1.82, 2.24) is 0 Å². The molecule has 1 saturated heterocycles. The highest BCUT2D eigenvalue weighted by Crippen LogP contribution is 2.54. The minimum Gasteiger partial charge on any atom is -0.457 e. The summed E-state index contributed by atoms with van der Waals surface area (Å²) in [4.78, 5) is 0. The van der Waals surface area contributed by atoms with Crippen molar-refractivity contribution in [3.8, 4) is 22.6 Å². The van der Waals surface area contributed by atoms with Gasteiger partial charge in [-0.25, -0.2) is 0 Å². The quantitative estimate of drug-likeness (QED) is 0.212. The second kappa shape index (κ2) is 5.91. The van der Waals surface area contributed by atoms with Crippen LogP contribution in [-0.4, -0.2) is 6.71 Å². The average Bonchev–Trinajstić information content (AvgIpc) is 2.95. The van der Waals surface area contributed by atoms with E-state index in [1.54, 1.807) is 0 Å². The molecule has 2 heterocycles. The molecule has 2 heteroatoms. The maximum atomic E-state index is 6.74. The number of benzene rings is 4. The molecular formula is C28H27BO. The second-order valence-corrected chi connectivity index (χ2v) is 10.5. The fourth-order valence-corrected chi connectivity index (χ4v) is 5.82. The largest absolute Gasteiger partial charge is 0.457 e. The fraction of sp³-hybridized carbons (Fsp3) is 0.286. The molecule has 1 nitrogen and oxygen atoms in total. The maximum Gasteiger partial charge on any atom is 0.181 e. The SMILES string of the molecule is CC1(C)CB(c2cccc3c2Oc2cc4ccccc4c4cccc-3c24)CC1(C)C. The number of fused-ring (bicyclic) bond motifs is 4. The molecule has 148 valence electrons. The van der Waals surface area contributed by atoms with Crippen LogP contribution in [0.2, 0.25) is 12.6 Å². The van der Waals surface area contributed by atoms with E-state index < -0.39 is 0 Å². The normalized spacial score (nSPS) is 18.5. The van der Waals surface area contributed by atoms with Crippen LogP contribution >= 0.6 is 0 Å². The zero-order valence-corrected chi connectivity index (χ0v) is 18.3. The molecule has 4 aromatic carbocycles. The van der Waals surface area contributed by atoms with Gasteiger partial charge >= 0.3 is 0 Å². The van der Waals surface area contributed by atoms with E-state index in [2.05, 4.69) is 94.4 Å². The van der Waals surface area contributed by atoms with Crippen LogP contribution in [-0.2, 0) is 0 Å². The molecule has 0 radical (unpaired) electrons. The lowest BCUT2D eigenvalue weighted by Gasteiger charge is -2.35. The van der Waals surface area contributed by atoms with Crippen LogP contribution in [0.1, 0.15) is 27.7 Å². The Morgan fingerprint density at radius 3 is 2.20 bits per heavy atom. The summed E-state index contributed by atoms with van der Waals surface area (Å²) >= 11 is 0. The van der Waals surface area contributed by atoms with Crippen molar-refractivity contribution in [2.75, 3.05) is 0 Å². The molecule has 6 rings (SSSR count). The number of hydrogen-bond donors (Lipinski definition) is 0. The molecule has 0 bridgehead atoms. The first-order valence-electron chi connectivity index (χ1n) is 11.1. The van der Waals surface area contributed by atoms with Crippen LogP contribution < -0.4 is 10.2 Å². The van der Waals surface area contributed by atoms with E-state index in [1.807, 2.05) is 0 Å². The summed E-state index contributed by atoms with van der Waals surface area (Å²) in [5.74, 6) is 2.07. The highest BCUT2D eigenvalue weighted by atomic mass is 16.5. The van der Waals surface area contributed by atoms with Crippen molar-refractivity contribution in [3.63, 3.8) is 0 Å². The summed E-state index contributed by atoms with van der Waals surface area (Å²) in [6.45, 7) is 10.2. The predicted molar refractivity (Wildman–Crippen MR) is 130 cm³/mol. The molecule has 1 fully saturated rings. The summed E-state index contributed by atoms with van der Waals surface area (Å²) in [7, 11) is 0. The molecule has 0 aromatic heterocycles. The monoisotopic (exact) mass is 390 g/mol. The van der Waals surface area contributed by atoms with Crippen LogP contribution in [0.3, 0.4) is 0 Å². The van der Waals surface area contributed by atoms with Gasteiger partial charge in [-0.1, -0.05) is 101 Å². The van der Waals surface area contributed by atoms with Crippen LogP contribution in [0.5, 0.6) is 11.5 Å². The van der Waals surface area contributed by atoms with Crippen molar-refractivity contribution < 1.29 is 4.74 Å². The van der Waals surface area contributed by atoms with Gasteiger partial charge in [0.1, 0.15) is 11.5 Å². The van der Waals surface area contributed by atoms with E-state index >= 15 is 0 Å². The van der Waals surface area contributed by atoms with E-state index in [0.29, 0.717) is 17.5 Å². The van der Waals surface area contributed by atoms with Gasteiger partial charge in [-0.2, -0.15) is 0 Å². The summed E-state index contributed by atoms with van der Waals surface area (Å²) in [6, 6.07) is 24.3. The summed E-state index contributed by atoms with van der Waals surface area (Å²) in [5, 5.41) is 5.05. The van der Waals surface area contributed by atoms with Gasteiger partial charge in [0, 0.05) is 10.9 Å². The Balaban J connectivity index is 1.59. The molecule has 0 unspecified atom stereocenters. The first-order valence-corrected chi connectivity index (χ1v) is 11.1. The Labute approximate surface area is 179 Å². The van der Waals surface area contributed by atoms with Gasteiger partial charge in [-0.05, 0) is 44.1 Å². The van der Waals surface area contributed by atoms with Gasteiger partial charge in [0.2, 0.25) is 0 Å². The molecule has 0 spiro atoms. The molecule has 2 aliphatic heterocycles. The minimum atomic E-state index is 0.323. The first-order chi connectivity index (χ1) is 14.4. The molecule has 0 amide bonds. The Hall–Kier alpha value is -2.74.